The summed E-state index contributed by atoms with van der Waals surface area (Å²) in [6, 6.07) is 16.8. The Hall–Kier alpha value is -1.96. The maximum atomic E-state index is 5.71. The minimum Gasteiger partial charge on any atom is -0.494 e. The largest absolute Gasteiger partial charge is 0.494 e. The molecular weight excluding hydrogens is 258 g/mol. The second-order valence-electron chi connectivity index (χ2n) is 5.42. The van der Waals surface area contributed by atoms with Gasteiger partial charge < -0.3 is 10.1 Å². The molecule has 0 aliphatic carbocycles. The molecule has 0 bridgehead atoms. The maximum Gasteiger partial charge on any atom is 0.119 e. The first kappa shape index (κ1) is 15.4. The van der Waals surface area contributed by atoms with Crippen LogP contribution in [0.5, 0.6) is 5.75 Å². The minimum atomic E-state index is 0.809. The van der Waals surface area contributed by atoms with Gasteiger partial charge in [-0.25, -0.2) is 0 Å². The molecule has 0 amide bonds. The molecular formula is C19H25NO. The Morgan fingerprint density at radius 3 is 2.52 bits per heavy atom. The van der Waals surface area contributed by atoms with Gasteiger partial charge in [-0.3, -0.25) is 0 Å². The van der Waals surface area contributed by atoms with E-state index in [0.717, 1.165) is 31.0 Å². The Bertz CT molecular complexity index is 534. The first-order valence-electron chi connectivity index (χ1n) is 7.80. The Balaban J connectivity index is 1.79. The van der Waals surface area contributed by atoms with Crippen LogP contribution in [0.2, 0.25) is 0 Å². The Labute approximate surface area is 128 Å². The van der Waals surface area contributed by atoms with Crippen molar-refractivity contribution in [1.82, 2.24) is 0 Å². The van der Waals surface area contributed by atoms with Gasteiger partial charge in [-0.15, -0.1) is 0 Å². The molecule has 2 heteroatoms. The Kier molecular flexibility index (Phi) is 6.14. The van der Waals surface area contributed by atoms with Crippen molar-refractivity contribution < 1.29 is 4.74 Å². The van der Waals surface area contributed by atoms with Crippen LogP contribution in [0.15, 0.2) is 48.5 Å². The summed E-state index contributed by atoms with van der Waals surface area (Å²) in [5.41, 5.74) is 3.72. The number of unbranched alkanes of at least 4 members (excludes halogenated alkanes) is 2. The maximum absolute atomic E-state index is 5.71. The van der Waals surface area contributed by atoms with Crippen LogP contribution in [-0.4, -0.2) is 6.61 Å². The lowest BCUT2D eigenvalue weighted by molar-refractivity contribution is 0.306. The van der Waals surface area contributed by atoms with Crippen LogP contribution in [0, 0.1) is 6.92 Å². The van der Waals surface area contributed by atoms with E-state index in [-0.39, 0.29) is 0 Å². The lowest BCUT2D eigenvalue weighted by Crippen LogP contribution is -2.00. The van der Waals surface area contributed by atoms with Gasteiger partial charge in [-0.05, 0) is 43.2 Å². The molecule has 0 fully saturated rings. The molecule has 0 aliphatic rings. The van der Waals surface area contributed by atoms with Gasteiger partial charge in [0.05, 0.1) is 6.61 Å². The topological polar surface area (TPSA) is 21.3 Å². The van der Waals surface area contributed by atoms with Crippen LogP contribution < -0.4 is 10.1 Å². The number of aryl methyl sites for hydroxylation is 1. The van der Waals surface area contributed by atoms with Crippen LogP contribution in [0.25, 0.3) is 0 Å². The standard InChI is InChI=1S/C19H25NO/c1-3-4-5-13-21-19-11-9-18(10-12-19)20-15-17-8-6-7-16(2)14-17/h6-12,14,20H,3-5,13,15H2,1-2H3. The highest BCUT2D eigenvalue weighted by Gasteiger charge is 1.97. The molecule has 0 atom stereocenters. The van der Waals surface area contributed by atoms with Crippen molar-refractivity contribution in [1.29, 1.82) is 0 Å². The average molecular weight is 283 g/mol. The first-order valence-corrected chi connectivity index (χ1v) is 7.80. The molecule has 112 valence electrons. The number of anilines is 1. The van der Waals surface area contributed by atoms with Crippen LogP contribution in [-0.2, 0) is 6.54 Å². The second-order valence-corrected chi connectivity index (χ2v) is 5.42. The van der Waals surface area contributed by atoms with Gasteiger partial charge in [0, 0.05) is 12.2 Å². The van der Waals surface area contributed by atoms with E-state index in [2.05, 4.69) is 55.6 Å². The highest BCUT2D eigenvalue weighted by molar-refractivity contribution is 5.46. The van der Waals surface area contributed by atoms with Crippen molar-refractivity contribution in [3.05, 3.63) is 59.7 Å². The number of nitrogens with one attached hydrogen (secondary N) is 1. The Morgan fingerprint density at radius 1 is 1.00 bits per heavy atom. The smallest absolute Gasteiger partial charge is 0.119 e. The van der Waals surface area contributed by atoms with Gasteiger partial charge in [0.15, 0.2) is 0 Å². The van der Waals surface area contributed by atoms with E-state index < -0.39 is 0 Å². The monoisotopic (exact) mass is 283 g/mol. The quantitative estimate of drug-likeness (QED) is 0.674. The summed E-state index contributed by atoms with van der Waals surface area (Å²) in [5, 5.41) is 3.44. The van der Waals surface area contributed by atoms with Crippen molar-refractivity contribution in [2.75, 3.05) is 11.9 Å². The summed E-state index contributed by atoms with van der Waals surface area (Å²) in [5.74, 6) is 0.951. The van der Waals surface area contributed by atoms with Crippen molar-refractivity contribution in [2.24, 2.45) is 0 Å². The molecule has 0 spiro atoms. The zero-order valence-electron chi connectivity index (χ0n) is 13.1. The fourth-order valence-electron chi connectivity index (χ4n) is 2.24. The van der Waals surface area contributed by atoms with E-state index in [0.29, 0.717) is 0 Å². The molecule has 2 rings (SSSR count). The number of benzene rings is 2. The molecule has 0 aromatic heterocycles. The number of rotatable bonds is 8. The molecule has 0 saturated heterocycles. The van der Waals surface area contributed by atoms with Crippen molar-refractivity contribution in [3.8, 4) is 5.75 Å². The molecule has 0 saturated carbocycles. The van der Waals surface area contributed by atoms with Gasteiger partial charge >= 0.3 is 0 Å². The summed E-state index contributed by atoms with van der Waals surface area (Å²) in [7, 11) is 0. The lowest BCUT2D eigenvalue weighted by Gasteiger charge is -2.09. The number of hydrogen-bond acceptors (Lipinski definition) is 2. The van der Waals surface area contributed by atoms with E-state index >= 15 is 0 Å². The molecule has 2 aromatic carbocycles. The normalized spacial score (nSPS) is 10.4. The van der Waals surface area contributed by atoms with E-state index in [1.165, 1.54) is 24.0 Å². The van der Waals surface area contributed by atoms with Crippen molar-refractivity contribution in [3.63, 3.8) is 0 Å². The molecule has 2 nitrogen and oxygen atoms in total. The summed E-state index contributed by atoms with van der Waals surface area (Å²) in [6.07, 6.45) is 3.59. The summed E-state index contributed by atoms with van der Waals surface area (Å²) < 4.78 is 5.71. The molecule has 0 heterocycles. The van der Waals surface area contributed by atoms with Gasteiger partial charge in [0.25, 0.3) is 0 Å². The zero-order chi connectivity index (χ0) is 14.9. The van der Waals surface area contributed by atoms with E-state index in [1.54, 1.807) is 0 Å². The van der Waals surface area contributed by atoms with Gasteiger partial charge in [-0.2, -0.15) is 0 Å². The van der Waals surface area contributed by atoms with Crippen molar-refractivity contribution >= 4 is 5.69 Å². The fraction of sp³-hybridized carbons (Fsp3) is 0.368. The number of ether oxygens (including phenoxy) is 1. The van der Waals surface area contributed by atoms with Gasteiger partial charge in [0.2, 0.25) is 0 Å². The van der Waals surface area contributed by atoms with E-state index in [9.17, 15) is 0 Å². The molecule has 0 aliphatic heterocycles. The third-order valence-corrected chi connectivity index (χ3v) is 3.45. The second kappa shape index (κ2) is 8.35. The van der Waals surface area contributed by atoms with Gasteiger partial charge in [-0.1, -0.05) is 49.6 Å². The van der Waals surface area contributed by atoms with Gasteiger partial charge in [0.1, 0.15) is 5.75 Å². The highest BCUT2D eigenvalue weighted by atomic mass is 16.5. The average Bonchev–Trinajstić information content (AvgIpc) is 2.51. The molecule has 0 unspecified atom stereocenters. The molecule has 21 heavy (non-hydrogen) atoms. The molecule has 0 radical (unpaired) electrons. The molecule has 2 aromatic rings. The third kappa shape index (κ3) is 5.50. The first-order chi connectivity index (χ1) is 10.3. The Morgan fingerprint density at radius 2 is 1.81 bits per heavy atom. The fourth-order valence-corrected chi connectivity index (χ4v) is 2.24. The van der Waals surface area contributed by atoms with Crippen LogP contribution >= 0.6 is 0 Å². The summed E-state index contributed by atoms with van der Waals surface area (Å²) in [6.45, 7) is 5.98. The highest BCUT2D eigenvalue weighted by Crippen LogP contribution is 2.17. The minimum absolute atomic E-state index is 0.809. The van der Waals surface area contributed by atoms with Crippen molar-refractivity contribution in [2.45, 2.75) is 39.7 Å². The van der Waals surface area contributed by atoms with Crippen LogP contribution in [0.3, 0.4) is 0 Å². The lowest BCUT2D eigenvalue weighted by atomic mass is 10.1. The summed E-state index contributed by atoms with van der Waals surface area (Å²) >= 11 is 0. The molecule has 1 N–H and O–H groups in total. The van der Waals surface area contributed by atoms with E-state index in [1.807, 2.05) is 12.1 Å². The van der Waals surface area contributed by atoms with Crippen LogP contribution in [0.1, 0.15) is 37.3 Å². The van der Waals surface area contributed by atoms with Crippen LogP contribution in [0.4, 0.5) is 5.69 Å². The van der Waals surface area contributed by atoms with E-state index in [4.69, 9.17) is 4.74 Å². The predicted molar refractivity (Wildman–Crippen MR) is 90.0 cm³/mol. The zero-order valence-corrected chi connectivity index (χ0v) is 13.1. The number of hydrogen-bond donors (Lipinski definition) is 1. The predicted octanol–water partition coefficient (Wildman–Crippen LogP) is 5.18. The third-order valence-electron chi connectivity index (χ3n) is 3.45. The SMILES string of the molecule is CCCCCOc1ccc(NCc2cccc(C)c2)cc1. The summed E-state index contributed by atoms with van der Waals surface area (Å²) in [4.78, 5) is 0.